The van der Waals surface area contributed by atoms with E-state index in [4.69, 9.17) is 16.6 Å². The molecule has 3 aromatic rings. The molecule has 0 aliphatic carbocycles. The maximum atomic E-state index is 13.1. The molecule has 0 N–H and O–H groups in total. The number of halogens is 1. The van der Waals surface area contributed by atoms with E-state index in [0.717, 1.165) is 39.4 Å². The molecule has 2 aromatic carbocycles. The number of benzene rings is 2. The third kappa shape index (κ3) is 5.44. The number of hydrogen-bond acceptors (Lipinski definition) is 4. The third-order valence-electron chi connectivity index (χ3n) is 4.61. The van der Waals surface area contributed by atoms with Gasteiger partial charge in [-0.3, -0.25) is 9.69 Å². The Kier molecular flexibility index (Phi) is 7.06. The van der Waals surface area contributed by atoms with Gasteiger partial charge in [0, 0.05) is 17.6 Å². The number of anilines is 1. The Bertz CT molecular complexity index is 1040. The van der Waals surface area contributed by atoms with E-state index in [1.54, 1.807) is 28.4 Å². The summed E-state index contributed by atoms with van der Waals surface area (Å²) < 4.78 is 1.11. The van der Waals surface area contributed by atoms with Crippen molar-refractivity contribution in [3.8, 4) is 0 Å². The molecule has 1 aromatic heterocycles. The van der Waals surface area contributed by atoms with Crippen molar-refractivity contribution in [3.05, 3.63) is 64.2 Å². The van der Waals surface area contributed by atoms with Crippen molar-refractivity contribution < 1.29 is 4.79 Å². The summed E-state index contributed by atoms with van der Waals surface area (Å²) in [6.45, 7) is 5.66. The van der Waals surface area contributed by atoms with Gasteiger partial charge in [0.25, 0.3) is 5.91 Å². The van der Waals surface area contributed by atoms with Crippen LogP contribution in [0.3, 0.4) is 0 Å². The molecule has 6 heteroatoms. The Morgan fingerprint density at radius 1 is 1.17 bits per heavy atom. The highest BCUT2D eigenvalue weighted by Crippen LogP contribution is 2.32. The van der Waals surface area contributed by atoms with E-state index in [1.807, 2.05) is 38.4 Å². The minimum absolute atomic E-state index is 0.0860. The van der Waals surface area contributed by atoms with Crippen LogP contribution in [-0.4, -0.2) is 43.0 Å². The van der Waals surface area contributed by atoms with Crippen LogP contribution >= 0.6 is 22.9 Å². The first-order valence-electron chi connectivity index (χ1n) is 9.62. The van der Waals surface area contributed by atoms with Crippen molar-refractivity contribution in [2.45, 2.75) is 20.3 Å². The van der Waals surface area contributed by atoms with E-state index in [1.165, 1.54) is 5.56 Å². The number of fused-ring (bicyclic) bond motifs is 1. The van der Waals surface area contributed by atoms with Gasteiger partial charge in [-0.1, -0.05) is 47.2 Å². The minimum atomic E-state index is -0.0860. The number of aryl methyl sites for hydroxylation is 2. The van der Waals surface area contributed by atoms with Gasteiger partial charge in [-0.25, -0.2) is 4.98 Å². The number of hydrogen-bond donors (Lipinski definition) is 0. The first-order valence-corrected chi connectivity index (χ1v) is 10.8. The van der Waals surface area contributed by atoms with E-state index in [9.17, 15) is 4.79 Å². The van der Waals surface area contributed by atoms with E-state index in [0.29, 0.717) is 11.6 Å². The molecule has 1 heterocycles. The summed E-state index contributed by atoms with van der Waals surface area (Å²) in [6, 6.07) is 11.8. The lowest BCUT2D eigenvalue weighted by molar-refractivity contribution is -0.114. The molecule has 152 valence electrons. The van der Waals surface area contributed by atoms with Gasteiger partial charge in [-0.2, -0.15) is 0 Å². The molecule has 0 fully saturated rings. The number of nitrogens with zero attached hydrogens (tertiary/aromatic N) is 3. The second-order valence-electron chi connectivity index (χ2n) is 7.43. The highest BCUT2D eigenvalue weighted by molar-refractivity contribution is 7.22. The zero-order valence-corrected chi connectivity index (χ0v) is 18.8. The van der Waals surface area contributed by atoms with Gasteiger partial charge in [-0.05, 0) is 75.8 Å². The predicted octanol–water partition coefficient (Wildman–Crippen LogP) is 5.56. The summed E-state index contributed by atoms with van der Waals surface area (Å²) in [5.74, 6) is -0.0860. The fourth-order valence-corrected chi connectivity index (χ4v) is 4.55. The van der Waals surface area contributed by atoms with Gasteiger partial charge in [0.05, 0.1) is 10.2 Å². The zero-order chi connectivity index (χ0) is 21.0. The number of amides is 1. The third-order valence-corrected chi connectivity index (χ3v) is 5.98. The second kappa shape index (κ2) is 9.53. The van der Waals surface area contributed by atoms with Gasteiger partial charge in [0.2, 0.25) is 0 Å². The molecule has 0 radical (unpaired) electrons. The first-order chi connectivity index (χ1) is 13.8. The number of rotatable bonds is 7. The van der Waals surface area contributed by atoms with Gasteiger partial charge in [0.15, 0.2) is 5.13 Å². The zero-order valence-electron chi connectivity index (χ0n) is 17.3. The first kappa shape index (κ1) is 21.5. The van der Waals surface area contributed by atoms with Gasteiger partial charge >= 0.3 is 0 Å². The normalized spacial score (nSPS) is 11.7. The maximum Gasteiger partial charge on any atom is 0.252 e. The monoisotopic (exact) mass is 427 g/mol. The smallest absolute Gasteiger partial charge is 0.252 e. The Balaban J connectivity index is 1.90. The number of thiazole rings is 1. The summed E-state index contributed by atoms with van der Waals surface area (Å²) in [5, 5.41) is 1.36. The Hall–Kier alpha value is -2.21. The van der Waals surface area contributed by atoms with E-state index in [2.05, 4.69) is 30.9 Å². The van der Waals surface area contributed by atoms with Crippen LogP contribution in [0.1, 0.15) is 23.1 Å². The molecule has 0 saturated carbocycles. The molecule has 0 unspecified atom stereocenters. The molecular weight excluding hydrogens is 402 g/mol. The van der Waals surface area contributed by atoms with Crippen molar-refractivity contribution in [3.63, 3.8) is 0 Å². The van der Waals surface area contributed by atoms with Crippen LogP contribution in [0.4, 0.5) is 5.13 Å². The Morgan fingerprint density at radius 2 is 1.93 bits per heavy atom. The largest absolute Gasteiger partial charge is 0.309 e. The highest BCUT2D eigenvalue weighted by Gasteiger charge is 2.18. The molecule has 0 atom stereocenters. The quantitative estimate of drug-likeness (QED) is 0.463. The molecule has 0 aliphatic rings. The molecule has 0 bridgehead atoms. The van der Waals surface area contributed by atoms with Crippen molar-refractivity contribution in [1.82, 2.24) is 9.88 Å². The van der Waals surface area contributed by atoms with Crippen LogP contribution in [0.25, 0.3) is 16.3 Å². The fraction of sp³-hybridized carbons (Fsp3) is 0.304. The summed E-state index contributed by atoms with van der Waals surface area (Å²) in [7, 11) is 4.07. The summed E-state index contributed by atoms with van der Waals surface area (Å²) >= 11 is 7.78. The molecule has 29 heavy (non-hydrogen) atoms. The lowest BCUT2D eigenvalue weighted by Gasteiger charge is -2.19. The average molecular weight is 428 g/mol. The second-order valence-corrected chi connectivity index (χ2v) is 8.84. The van der Waals surface area contributed by atoms with Gasteiger partial charge in [0.1, 0.15) is 0 Å². The SMILES string of the molecule is Cc1cc(C)c2nc(N(CCCN(C)C)C(=O)/C=C/c3ccccc3Cl)sc2c1. The Labute approximate surface area is 181 Å². The number of carbonyl (C=O) groups excluding carboxylic acids is 1. The average Bonchev–Trinajstić information content (AvgIpc) is 3.08. The molecule has 0 spiro atoms. The molecule has 0 aliphatic heterocycles. The van der Waals surface area contributed by atoms with Crippen molar-refractivity contribution in [2.24, 2.45) is 0 Å². The fourth-order valence-electron chi connectivity index (χ4n) is 3.18. The van der Waals surface area contributed by atoms with Crippen molar-refractivity contribution in [1.29, 1.82) is 0 Å². The summed E-state index contributed by atoms with van der Waals surface area (Å²) in [6.07, 6.45) is 4.22. The van der Waals surface area contributed by atoms with Crippen LogP contribution in [0.15, 0.2) is 42.5 Å². The van der Waals surface area contributed by atoms with Crippen molar-refractivity contribution in [2.75, 3.05) is 32.1 Å². The lowest BCUT2D eigenvalue weighted by Crippen LogP contribution is -2.32. The van der Waals surface area contributed by atoms with Crippen LogP contribution < -0.4 is 4.90 Å². The summed E-state index contributed by atoms with van der Waals surface area (Å²) in [4.78, 5) is 21.8. The minimum Gasteiger partial charge on any atom is -0.309 e. The molecule has 3 rings (SSSR count). The van der Waals surface area contributed by atoms with E-state index >= 15 is 0 Å². The van der Waals surface area contributed by atoms with Crippen LogP contribution in [0, 0.1) is 13.8 Å². The van der Waals surface area contributed by atoms with Gasteiger partial charge in [-0.15, -0.1) is 0 Å². The van der Waals surface area contributed by atoms with Crippen LogP contribution in [0.2, 0.25) is 5.02 Å². The van der Waals surface area contributed by atoms with Crippen LogP contribution in [-0.2, 0) is 4.79 Å². The standard InChI is InChI=1S/C23H26ClN3OS/c1-16-14-17(2)22-20(15-16)29-23(25-22)27(13-7-12-26(3)4)21(28)11-10-18-8-5-6-9-19(18)24/h5-6,8-11,14-15H,7,12-13H2,1-4H3/b11-10+. The lowest BCUT2D eigenvalue weighted by atomic mass is 10.1. The van der Waals surface area contributed by atoms with Crippen molar-refractivity contribution >= 4 is 50.3 Å². The number of aromatic nitrogens is 1. The summed E-state index contributed by atoms with van der Waals surface area (Å²) in [5.41, 5.74) is 4.13. The predicted molar refractivity (Wildman–Crippen MR) is 125 cm³/mol. The molecular formula is C23H26ClN3OS. The molecule has 0 saturated heterocycles. The molecule has 1 amide bonds. The highest BCUT2D eigenvalue weighted by atomic mass is 35.5. The topological polar surface area (TPSA) is 36.4 Å². The van der Waals surface area contributed by atoms with Gasteiger partial charge < -0.3 is 4.90 Å². The number of carbonyl (C=O) groups is 1. The van der Waals surface area contributed by atoms with E-state index in [-0.39, 0.29) is 5.91 Å². The maximum absolute atomic E-state index is 13.1. The van der Waals surface area contributed by atoms with E-state index < -0.39 is 0 Å². The Morgan fingerprint density at radius 3 is 2.66 bits per heavy atom. The van der Waals surface area contributed by atoms with Crippen LogP contribution in [0.5, 0.6) is 0 Å². The molecule has 4 nitrogen and oxygen atoms in total.